The molecule has 0 N–H and O–H groups in total. The number of methoxy groups -OCH3 is 1. The van der Waals surface area contributed by atoms with Gasteiger partial charge in [-0.25, -0.2) is 4.79 Å². The lowest BCUT2D eigenvalue weighted by Gasteiger charge is -2.01. The van der Waals surface area contributed by atoms with Gasteiger partial charge in [-0.2, -0.15) is 0 Å². The number of nitrogens with zero attached hydrogens (tertiary/aromatic N) is 1. The fourth-order valence-corrected chi connectivity index (χ4v) is 2.04. The summed E-state index contributed by atoms with van der Waals surface area (Å²) in [5, 5.41) is 4.91. The Morgan fingerprint density at radius 3 is 2.67 bits per heavy atom. The van der Waals surface area contributed by atoms with E-state index in [9.17, 15) is 4.79 Å². The van der Waals surface area contributed by atoms with Crippen molar-refractivity contribution >= 4 is 33.5 Å². The van der Waals surface area contributed by atoms with Gasteiger partial charge >= 0.3 is 5.97 Å². The number of halogens is 2. The summed E-state index contributed by atoms with van der Waals surface area (Å²) in [6, 6.07) is 6.98. The molecule has 0 radical (unpaired) electrons. The second-order valence-corrected chi connectivity index (χ2v) is 4.46. The van der Waals surface area contributed by atoms with Crippen molar-refractivity contribution in [3.63, 3.8) is 0 Å². The van der Waals surface area contributed by atoms with Gasteiger partial charge in [-0.3, -0.25) is 0 Å². The highest BCUT2D eigenvalue weighted by atomic mass is 79.9. The topological polar surface area (TPSA) is 52.3 Å². The molecule has 18 heavy (non-hydrogen) atoms. The van der Waals surface area contributed by atoms with Crippen LogP contribution in [0.15, 0.2) is 28.8 Å². The van der Waals surface area contributed by atoms with Gasteiger partial charge in [0, 0.05) is 10.6 Å². The molecule has 0 unspecified atom stereocenters. The Balaban J connectivity index is 2.54. The maximum absolute atomic E-state index is 11.7. The van der Waals surface area contributed by atoms with Crippen molar-refractivity contribution in [1.82, 2.24) is 5.16 Å². The Morgan fingerprint density at radius 2 is 2.11 bits per heavy atom. The second kappa shape index (κ2) is 5.54. The average Bonchev–Trinajstić information content (AvgIpc) is 2.82. The van der Waals surface area contributed by atoms with Crippen LogP contribution in [0.2, 0.25) is 5.02 Å². The largest absolute Gasteiger partial charge is 0.465 e. The third kappa shape index (κ3) is 2.42. The highest BCUT2D eigenvalue weighted by molar-refractivity contribution is 9.08. The molecule has 0 fully saturated rings. The summed E-state index contributed by atoms with van der Waals surface area (Å²) < 4.78 is 9.86. The van der Waals surface area contributed by atoms with Crippen LogP contribution >= 0.6 is 27.5 Å². The third-order valence-electron chi connectivity index (χ3n) is 2.39. The minimum atomic E-state index is -0.476. The van der Waals surface area contributed by atoms with E-state index in [-0.39, 0.29) is 0 Å². The molecule has 0 saturated heterocycles. The van der Waals surface area contributed by atoms with Gasteiger partial charge in [-0.05, 0) is 12.1 Å². The van der Waals surface area contributed by atoms with Crippen LogP contribution in [0.25, 0.3) is 11.3 Å². The summed E-state index contributed by atoms with van der Waals surface area (Å²) >= 11 is 9.06. The predicted octanol–water partition coefficient (Wildman–Crippen LogP) is 3.68. The lowest BCUT2D eigenvalue weighted by molar-refractivity contribution is 0.0599. The first-order valence-electron chi connectivity index (χ1n) is 5.06. The smallest absolute Gasteiger partial charge is 0.343 e. The molecule has 2 aromatic rings. The summed E-state index contributed by atoms with van der Waals surface area (Å²) in [7, 11) is 1.32. The molecule has 0 spiro atoms. The maximum atomic E-state index is 11.7. The van der Waals surface area contributed by atoms with Gasteiger partial charge < -0.3 is 9.26 Å². The molecule has 0 atom stereocenters. The van der Waals surface area contributed by atoms with Gasteiger partial charge in [0.05, 0.1) is 12.4 Å². The average molecular weight is 331 g/mol. The second-order valence-electron chi connectivity index (χ2n) is 3.46. The minimum Gasteiger partial charge on any atom is -0.465 e. The molecule has 0 aliphatic heterocycles. The van der Waals surface area contributed by atoms with Crippen LogP contribution in [-0.2, 0) is 10.1 Å². The van der Waals surface area contributed by atoms with Gasteiger partial charge in [0.25, 0.3) is 0 Å². The van der Waals surface area contributed by atoms with Gasteiger partial charge in [-0.15, -0.1) is 0 Å². The van der Waals surface area contributed by atoms with E-state index in [2.05, 4.69) is 21.1 Å². The highest BCUT2D eigenvalue weighted by Gasteiger charge is 2.23. The molecule has 0 amide bonds. The van der Waals surface area contributed by atoms with Crippen molar-refractivity contribution in [3.8, 4) is 11.3 Å². The molecular formula is C12H9BrClNO3. The monoisotopic (exact) mass is 329 g/mol. The molecule has 94 valence electrons. The molecule has 1 aromatic heterocycles. The molecule has 0 bridgehead atoms. The number of hydrogen-bond acceptors (Lipinski definition) is 4. The van der Waals surface area contributed by atoms with Crippen molar-refractivity contribution in [1.29, 1.82) is 0 Å². The maximum Gasteiger partial charge on any atom is 0.343 e. The predicted molar refractivity (Wildman–Crippen MR) is 70.9 cm³/mol. The molecule has 0 aliphatic carbocycles. The van der Waals surface area contributed by atoms with Crippen LogP contribution in [0, 0.1) is 0 Å². The number of esters is 1. The van der Waals surface area contributed by atoms with E-state index in [0.717, 1.165) is 5.56 Å². The molecule has 0 saturated carbocycles. The van der Waals surface area contributed by atoms with Crippen molar-refractivity contribution < 1.29 is 14.1 Å². The molecular weight excluding hydrogens is 321 g/mol. The zero-order chi connectivity index (χ0) is 13.1. The van der Waals surface area contributed by atoms with Crippen LogP contribution in [0.1, 0.15) is 16.1 Å². The van der Waals surface area contributed by atoms with Crippen LogP contribution in [-0.4, -0.2) is 18.2 Å². The first-order chi connectivity index (χ1) is 8.67. The first-order valence-corrected chi connectivity index (χ1v) is 6.56. The SMILES string of the molecule is COC(=O)c1c(-c2ccc(Cl)cc2)noc1CBr. The van der Waals surface area contributed by atoms with Crippen molar-refractivity contribution in [2.24, 2.45) is 0 Å². The molecule has 1 aromatic carbocycles. The van der Waals surface area contributed by atoms with Gasteiger partial charge in [-0.1, -0.05) is 44.8 Å². The fraction of sp³-hybridized carbons (Fsp3) is 0.167. The fourth-order valence-electron chi connectivity index (χ4n) is 1.53. The normalized spacial score (nSPS) is 10.4. The summed E-state index contributed by atoms with van der Waals surface area (Å²) in [5.74, 6) is -0.0394. The summed E-state index contributed by atoms with van der Waals surface area (Å²) in [6.45, 7) is 0. The summed E-state index contributed by atoms with van der Waals surface area (Å²) in [6.07, 6.45) is 0. The molecule has 2 rings (SSSR count). The first kappa shape index (κ1) is 13.1. The third-order valence-corrected chi connectivity index (χ3v) is 3.15. The van der Waals surface area contributed by atoms with Crippen LogP contribution < -0.4 is 0 Å². The Hall–Kier alpha value is -1.33. The number of aromatic nitrogens is 1. The minimum absolute atomic E-state index is 0.330. The summed E-state index contributed by atoms with van der Waals surface area (Å²) in [5.41, 5.74) is 1.53. The Kier molecular flexibility index (Phi) is 4.04. The van der Waals surface area contributed by atoms with Crippen molar-refractivity contribution in [3.05, 3.63) is 40.6 Å². The van der Waals surface area contributed by atoms with Crippen molar-refractivity contribution in [2.45, 2.75) is 5.33 Å². The molecule has 1 heterocycles. The molecule has 6 heteroatoms. The van der Waals surface area contributed by atoms with Crippen LogP contribution in [0.4, 0.5) is 0 Å². The number of carbonyl (C=O) groups excluding carboxylic acids is 1. The molecule has 4 nitrogen and oxygen atoms in total. The zero-order valence-electron chi connectivity index (χ0n) is 9.44. The van der Waals surface area contributed by atoms with E-state index in [1.165, 1.54) is 7.11 Å². The van der Waals surface area contributed by atoms with Crippen LogP contribution in [0.5, 0.6) is 0 Å². The number of hydrogen-bond donors (Lipinski definition) is 0. The van der Waals surface area contributed by atoms with E-state index in [0.29, 0.717) is 27.4 Å². The zero-order valence-corrected chi connectivity index (χ0v) is 11.8. The number of alkyl halides is 1. The van der Waals surface area contributed by atoms with Crippen LogP contribution in [0.3, 0.4) is 0 Å². The lowest BCUT2D eigenvalue weighted by Crippen LogP contribution is -2.04. The van der Waals surface area contributed by atoms with E-state index < -0.39 is 5.97 Å². The number of ether oxygens (including phenoxy) is 1. The quantitative estimate of drug-likeness (QED) is 0.636. The van der Waals surface area contributed by atoms with E-state index in [1.807, 2.05) is 0 Å². The Morgan fingerprint density at radius 1 is 1.44 bits per heavy atom. The highest BCUT2D eigenvalue weighted by Crippen LogP contribution is 2.28. The number of rotatable bonds is 3. The molecule has 0 aliphatic rings. The van der Waals surface area contributed by atoms with E-state index >= 15 is 0 Å². The van der Waals surface area contributed by atoms with Gasteiger partial charge in [0.15, 0.2) is 5.76 Å². The lowest BCUT2D eigenvalue weighted by atomic mass is 10.1. The Labute approximate surface area is 117 Å². The van der Waals surface area contributed by atoms with Gasteiger partial charge in [0.2, 0.25) is 0 Å². The summed E-state index contributed by atoms with van der Waals surface area (Å²) in [4.78, 5) is 11.7. The van der Waals surface area contributed by atoms with Crippen molar-refractivity contribution in [2.75, 3.05) is 7.11 Å². The standard InChI is InChI=1S/C12H9BrClNO3/c1-17-12(16)10-9(6-13)18-15-11(10)7-2-4-8(14)5-3-7/h2-5H,6H2,1H3. The Bertz CT molecular complexity index is 565. The number of benzene rings is 1. The van der Waals surface area contributed by atoms with E-state index in [4.69, 9.17) is 20.9 Å². The van der Waals surface area contributed by atoms with E-state index in [1.54, 1.807) is 24.3 Å². The van der Waals surface area contributed by atoms with Gasteiger partial charge in [0.1, 0.15) is 11.3 Å². The number of carbonyl (C=O) groups is 1.